The van der Waals surface area contributed by atoms with E-state index in [0.717, 1.165) is 26.1 Å². The molecule has 0 fully saturated rings. The standard InChI is InChI=1S/C16H14O2S2/c1-11-8-9-14-13(10-11)16(20(2,17)18)15(19-14)12-6-4-3-5-7-12/h3-10H,1-2H3. The smallest absolute Gasteiger partial charge is 0.177 e. The van der Waals surface area contributed by atoms with Gasteiger partial charge < -0.3 is 0 Å². The predicted molar refractivity (Wildman–Crippen MR) is 85.1 cm³/mol. The van der Waals surface area contributed by atoms with Gasteiger partial charge in [-0.1, -0.05) is 42.0 Å². The fourth-order valence-electron chi connectivity index (χ4n) is 2.34. The van der Waals surface area contributed by atoms with Crippen molar-refractivity contribution in [1.29, 1.82) is 0 Å². The normalized spacial score (nSPS) is 11.9. The zero-order chi connectivity index (χ0) is 14.3. The Morgan fingerprint density at radius 1 is 1.00 bits per heavy atom. The van der Waals surface area contributed by atoms with Crippen LogP contribution in [0.4, 0.5) is 0 Å². The number of aryl methyl sites for hydroxylation is 1. The zero-order valence-electron chi connectivity index (χ0n) is 11.3. The molecule has 0 unspecified atom stereocenters. The van der Waals surface area contributed by atoms with Gasteiger partial charge in [-0.2, -0.15) is 0 Å². The SMILES string of the molecule is Cc1ccc2sc(-c3ccccc3)c(S(C)(=O)=O)c2c1. The van der Waals surface area contributed by atoms with E-state index in [-0.39, 0.29) is 0 Å². The molecular weight excluding hydrogens is 288 g/mol. The minimum atomic E-state index is -3.27. The van der Waals surface area contributed by atoms with E-state index in [2.05, 4.69) is 0 Å². The van der Waals surface area contributed by atoms with Crippen molar-refractivity contribution in [2.24, 2.45) is 0 Å². The van der Waals surface area contributed by atoms with Gasteiger partial charge in [-0.05, 0) is 24.6 Å². The fraction of sp³-hybridized carbons (Fsp3) is 0.125. The summed E-state index contributed by atoms with van der Waals surface area (Å²) in [5.74, 6) is 0. The first-order valence-corrected chi connectivity index (χ1v) is 8.96. The van der Waals surface area contributed by atoms with E-state index in [0.29, 0.717) is 4.90 Å². The van der Waals surface area contributed by atoms with Crippen LogP contribution in [0.5, 0.6) is 0 Å². The third kappa shape index (κ3) is 2.25. The second-order valence-electron chi connectivity index (χ2n) is 4.90. The Labute approximate surface area is 122 Å². The van der Waals surface area contributed by atoms with Gasteiger partial charge in [0.15, 0.2) is 9.84 Å². The summed E-state index contributed by atoms with van der Waals surface area (Å²) in [6.45, 7) is 1.98. The molecule has 3 rings (SSSR count). The molecule has 2 nitrogen and oxygen atoms in total. The molecule has 0 aliphatic carbocycles. The van der Waals surface area contributed by atoms with Crippen LogP contribution in [0.3, 0.4) is 0 Å². The number of benzene rings is 2. The zero-order valence-corrected chi connectivity index (χ0v) is 12.9. The molecule has 4 heteroatoms. The molecule has 0 spiro atoms. The van der Waals surface area contributed by atoms with Crippen molar-refractivity contribution >= 4 is 31.3 Å². The van der Waals surface area contributed by atoms with Crippen LogP contribution >= 0.6 is 11.3 Å². The molecule has 0 atom stereocenters. The monoisotopic (exact) mass is 302 g/mol. The van der Waals surface area contributed by atoms with Crippen molar-refractivity contribution in [2.45, 2.75) is 11.8 Å². The predicted octanol–water partition coefficient (Wildman–Crippen LogP) is 4.28. The summed E-state index contributed by atoms with van der Waals surface area (Å²) in [6, 6.07) is 15.7. The summed E-state index contributed by atoms with van der Waals surface area (Å²) in [6.07, 6.45) is 1.28. The topological polar surface area (TPSA) is 34.1 Å². The first-order valence-electron chi connectivity index (χ1n) is 6.25. The average Bonchev–Trinajstić information content (AvgIpc) is 2.78. The number of rotatable bonds is 2. The first kappa shape index (κ1) is 13.3. The van der Waals surface area contributed by atoms with Crippen molar-refractivity contribution < 1.29 is 8.42 Å². The molecule has 0 N–H and O–H groups in total. The molecule has 2 aromatic carbocycles. The molecule has 1 heterocycles. The van der Waals surface area contributed by atoms with E-state index in [1.54, 1.807) is 0 Å². The molecule has 0 saturated heterocycles. The Bertz CT molecular complexity index is 875. The minimum absolute atomic E-state index is 0.451. The molecule has 0 bridgehead atoms. The molecule has 20 heavy (non-hydrogen) atoms. The Balaban J connectivity index is 2.44. The number of hydrogen-bond donors (Lipinski definition) is 0. The van der Waals surface area contributed by atoms with Gasteiger partial charge in [-0.15, -0.1) is 11.3 Å². The Kier molecular flexibility index (Phi) is 3.15. The Morgan fingerprint density at radius 2 is 1.70 bits per heavy atom. The molecule has 0 aliphatic rings. The van der Waals surface area contributed by atoms with Gasteiger partial charge in [0.05, 0.1) is 9.77 Å². The van der Waals surface area contributed by atoms with Crippen molar-refractivity contribution in [3.63, 3.8) is 0 Å². The van der Waals surface area contributed by atoms with Crippen LogP contribution in [-0.4, -0.2) is 14.7 Å². The molecule has 3 aromatic rings. The quantitative estimate of drug-likeness (QED) is 0.708. The van der Waals surface area contributed by atoms with E-state index in [4.69, 9.17) is 0 Å². The lowest BCUT2D eigenvalue weighted by atomic mass is 10.1. The van der Waals surface area contributed by atoms with Crippen molar-refractivity contribution in [2.75, 3.05) is 6.26 Å². The van der Waals surface area contributed by atoms with E-state index in [9.17, 15) is 8.42 Å². The molecule has 0 aliphatic heterocycles. The second kappa shape index (κ2) is 4.72. The fourth-order valence-corrected chi connectivity index (χ4v) is 5.09. The minimum Gasteiger partial charge on any atom is -0.224 e. The summed E-state index contributed by atoms with van der Waals surface area (Å²) >= 11 is 1.53. The third-order valence-electron chi connectivity index (χ3n) is 3.20. The maximum atomic E-state index is 12.2. The summed E-state index contributed by atoms with van der Waals surface area (Å²) in [7, 11) is -3.27. The van der Waals surface area contributed by atoms with Crippen LogP contribution in [-0.2, 0) is 9.84 Å². The van der Waals surface area contributed by atoms with Crippen molar-refractivity contribution in [1.82, 2.24) is 0 Å². The highest BCUT2D eigenvalue weighted by Gasteiger charge is 2.21. The average molecular weight is 302 g/mol. The van der Waals surface area contributed by atoms with E-state index in [1.165, 1.54) is 17.6 Å². The highest BCUT2D eigenvalue weighted by atomic mass is 32.2. The van der Waals surface area contributed by atoms with Gasteiger partial charge in [0.2, 0.25) is 0 Å². The molecule has 1 aromatic heterocycles. The third-order valence-corrected chi connectivity index (χ3v) is 5.72. The lowest BCUT2D eigenvalue weighted by molar-refractivity contribution is 0.603. The van der Waals surface area contributed by atoms with Gasteiger partial charge >= 0.3 is 0 Å². The van der Waals surface area contributed by atoms with Crippen LogP contribution in [0.2, 0.25) is 0 Å². The number of thiophene rings is 1. The van der Waals surface area contributed by atoms with Gasteiger partial charge in [0, 0.05) is 16.3 Å². The highest BCUT2D eigenvalue weighted by Crippen LogP contribution is 2.41. The van der Waals surface area contributed by atoms with Crippen LogP contribution in [0, 0.1) is 6.92 Å². The lowest BCUT2D eigenvalue weighted by Crippen LogP contribution is -1.97. The molecule has 0 amide bonds. The van der Waals surface area contributed by atoms with E-state index >= 15 is 0 Å². The van der Waals surface area contributed by atoms with Crippen LogP contribution in [0.1, 0.15) is 5.56 Å². The van der Waals surface area contributed by atoms with Crippen molar-refractivity contribution in [3.05, 3.63) is 54.1 Å². The first-order chi connectivity index (χ1) is 9.47. The number of sulfone groups is 1. The van der Waals surface area contributed by atoms with Crippen LogP contribution in [0.15, 0.2) is 53.4 Å². The lowest BCUT2D eigenvalue weighted by Gasteiger charge is -2.03. The highest BCUT2D eigenvalue weighted by molar-refractivity contribution is 7.91. The number of fused-ring (bicyclic) bond motifs is 1. The van der Waals surface area contributed by atoms with Gasteiger partial charge in [0.1, 0.15) is 0 Å². The van der Waals surface area contributed by atoms with Gasteiger partial charge in [0.25, 0.3) is 0 Å². The van der Waals surface area contributed by atoms with Gasteiger partial charge in [-0.3, -0.25) is 0 Å². The summed E-state index contributed by atoms with van der Waals surface area (Å²) in [4.78, 5) is 1.28. The number of hydrogen-bond acceptors (Lipinski definition) is 3. The van der Waals surface area contributed by atoms with Crippen molar-refractivity contribution in [3.8, 4) is 10.4 Å². The maximum absolute atomic E-state index is 12.2. The summed E-state index contributed by atoms with van der Waals surface area (Å²) in [5, 5.41) is 0.830. The molecular formula is C16H14O2S2. The van der Waals surface area contributed by atoms with E-state index in [1.807, 2.05) is 55.5 Å². The van der Waals surface area contributed by atoms with Gasteiger partial charge in [-0.25, -0.2) is 8.42 Å². The largest absolute Gasteiger partial charge is 0.224 e. The van der Waals surface area contributed by atoms with Crippen LogP contribution < -0.4 is 0 Å². The summed E-state index contributed by atoms with van der Waals surface area (Å²) < 4.78 is 25.4. The summed E-state index contributed by atoms with van der Waals surface area (Å²) in [5.41, 5.74) is 2.02. The van der Waals surface area contributed by atoms with E-state index < -0.39 is 9.84 Å². The Morgan fingerprint density at radius 3 is 2.35 bits per heavy atom. The van der Waals surface area contributed by atoms with Crippen LogP contribution in [0.25, 0.3) is 20.5 Å². The molecule has 102 valence electrons. The molecule has 0 saturated carbocycles. The second-order valence-corrected chi connectivity index (χ2v) is 7.90. The molecule has 0 radical (unpaired) electrons. The maximum Gasteiger partial charge on any atom is 0.177 e. The Hall–Kier alpha value is -1.65.